The first-order valence-electron chi connectivity index (χ1n) is 3.35. The molecule has 0 radical (unpaired) electrons. The molecule has 0 aliphatic carbocycles. The summed E-state index contributed by atoms with van der Waals surface area (Å²) in [6.07, 6.45) is 2.47. The fourth-order valence-corrected chi connectivity index (χ4v) is 1.10. The summed E-state index contributed by atoms with van der Waals surface area (Å²) >= 11 is 0. The Morgan fingerprint density at radius 1 is 1.80 bits per heavy atom. The van der Waals surface area contributed by atoms with Crippen molar-refractivity contribution in [1.29, 1.82) is 5.26 Å². The van der Waals surface area contributed by atoms with Crippen LogP contribution in [0.4, 0.5) is 0 Å². The number of hydrogen-bond donors (Lipinski definition) is 2. The van der Waals surface area contributed by atoms with Crippen molar-refractivity contribution in [3.63, 3.8) is 0 Å². The average molecular weight is 141 g/mol. The Hall–Kier alpha value is -0.790. The smallest absolute Gasteiger partial charge is 0.177 e. The van der Waals surface area contributed by atoms with Crippen LogP contribution >= 0.6 is 0 Å². The predicted molar refractivity (Wildman–Crippen MR) is 35.8 cm³/mol. The second kappa shape index (κ2) is 3.40. The van der Waals surface area contributed by atoms with Gasteiger partial charge in [0.2, 0.25) is 0 Å². The van der Waals surface area contributed by atoms with Crippen LogP contribution in [-0.2, 0) is 0 Å². The van der Waals surface area contributed by atoms with Crippen molar-refractivity contribution < 1.29 is 5.11 Å². The molecule has 2 N–H and O–H groups in total. The Morgan fingerprint density at radius 3 is 3.10 bits per heavy atom. The molecule has 1 atom stereocenters. The standard InChI is InChI=1S/C6H11N3O/c7-4-8-5-9-2-1-6(10)3-9/h6,8,10H,1-3,5H2/t6-/m0/s1. The van der Waals surface area contributed by atoms with Gasteiger partial charge in [0.05, 0.1) is 12.8 Å². The molecule has 0 spiro atoms. The molecular weight excluding hydrogens is 130 g/mol. The average Bonchev–Trinajstić information content (AvgIpc) is 2.31. The number of β-amino-alcohol motifs (C(OH)–C–C–N with tert-alkyl or cyclic N) is 1. The molecule has 0 bridgehead atoms. The largest absolute Gasteiger partial charge is 0.392 e. The van der Waals surface area contributed by atoms with Crippen LogP contribution in [0.2, 0.25) is 0 Å². The van der Waals surface area contributed by atoms with Gasteiger partial charge < -0.3 is 10.4 Å². The molecule has 0 aromatic heterocycles. The summed E-state index contributed by atoms with van der Waals surface area (Å²) in [5, 5.41) is 19.7. The minimum absolute atomic E-state index is 0.194. The van der Waals surface area contributed by atoms with Crippen LogP contribution in [0.15, 0.2) is 0 Å². The predicted octanol–water partition coefficient (Wildman–Crippen LogP) is -0.919. The molecular formula is C6H11N3O. The second-order valence-corrected chi connectivity index (χ2v) is 2.47. The normalized spacial score (nSPS) is 26.2. The summed E-state index contributed by atoms with van der Waals surface area (Å²) in [6.45, 7) is 2.14. The zero-order valence-electron chi connectivity index (χ0n) is 5.75. The summed E-state index contributed by atoms with van der Waals surface area (Å²) in [7, 11) is 0. The number of nitrogens with zero attached hydrogens (tertiary/aromatic N) is 2. The van der Waals surface area contributed by atoms with Crippen LogP contribution in [0.5, 0.6) is 0 Å². The van der Waals surface area contributed by atoms with Crippen LogP contribution in [0.1, 0.15) is 6.42 Å². The molecule has 0 aromatic carbocycles. The van der Waals surface area contributed by atoms with E-state index in [1.165, 1.54) is 0 Å². The third-order valence-electron chi connectivity index (χ3n) is 1.63. The number of hydrogen-bond acceptors (Lipinski definition) is 4. The number of nitrogens with one attached hydrogen (secondary N) is 1. The van der Waals surface area contributed by atoms with Gasteiger partial charge in [0, 0.05) is 13.1 Å². The summed E-state index contributed by atoms with van der Waals surface area (Å²) in [5.41, 5.74) is 0. The molecule has 0 aromatic rings. The molecule has 1 heterocycles. The van der Waals surface area contributed by atoms with Crippen molar-refractivity contribution in [2.75, 3.05) is 19.8 Å². The van der Waals surface area contributed by atoms with E-state index in [-0.39, 0.29) is 6.10 Å². The minimum atomic E-state index is -0.194. The van der Waals surface area contributed by atoms with Gasteiger partial charge in [-0.25, -0.2) is 0 Å². The molecule has 10 heavy (non-hydrogen) atoms. The maximum Gasteiger partial charge on any atom is 0.177 e. The van der Waals surface area contributed by atoms with Crippen molar-refractivity contribution in [3.8, 4) is 6.19 Å². The van der Waals surface area contributed by atoms with E-state index < -0.39 is 0 Å². The first-order chi connectivity index (χ1) is 4.83. The molecule has 4 heteroatoms. The van der Waals surface area contributed by atoms with E-state index in [0.29, 0.717) is 13.2 Å². The van der Waals surface area contributed by atoms with E-state index in [0.717, 1.165) is 13.0 Å². The first-order valence-corrected chi connectivity index (χ1v) is 3.35. The summed E-state index contributed by atoms with van der Waals surface area (Å²) in [5.74, 6) is 0. The number of nitriles is 1. The van der Waals surface area contributed by atoms with Crippen LogP contribution in [0.25, 0.3) is 0 Å². The second-order valence-electron chi connectivity index (χ2n) is 2.47. The monoisotopic (exact) mass is 141 g/mol. The molecule has 0 saturated carbocycles. The Bertz CT molecular complexity index is 142. The number of likely N-dealkylation sites (tertiary alicyclic amines) is 1. The lowest BCUT2D eigenvalue weighted by atomic mass is 10.3. The van der Waals surface area contributed by atoms with Gasteiger partial charge in [-0.2, -0.15) is 5.26 Å². The van der Waals surface area contributed by atoms with Crippen molar-refractivity contribution >= 4 is 0 Å². The molecule has 0 unspecified atom stereocenters. The zero-order valence-corrected chi connectivity index (χ0v) is 5.75. The lowest BCUT2D eigenvalue weighted by molar-refractivity contribution is 0.175. The van der Waals surface area contributed by atoms with Crippen molar-refractivity contribution in [2.24, 2.45) is 0 Å². The Balaban J connectivity index is 2.14. The van der Waals surface area contributed by atoms with Gasteiger partial charge in [-0.1, -0.05) is 0 Å². The zero-order chi connectivity index (χ0) is 7.40. The highest BCUT2D eigenvalue weighted by molar-refractivity contribution is 4.75. The summed E-state index contributed by atoms with van der Waals surface area (Å²) in [6, 6.07) is 0. The fraction of sp³-hybridized carbons (Fsp3) is 0.833. The first kappa shape index (κ1) is 7.32. The Kier molecular flexibility index (Phi) is 2.49. The molecule has 4 nitrogen and oxygen atoms in total. The van der Waals surface area contributed by atoms with Crippen molar-refractivity contribution in [2.45, 2.75) is 12.5 Å². The number of rotatable bonds is 2. The third-order valence-corrected chi connectivity index (χ3v) is 1.63. The van der Waals surface area contributed by atoms with Crippen LogP contribution in [0, 0.1) is 11.5 Å². The van der Waals surface area contributed by atoms with E-state index >= 15 is 0 Å². The molecule has 0 amide bonds. The third kappa shape index (κ3) is 1.87. The van der Waals surface area contributed by atoms with Gasteiger partial charge in [-0.15, -0.1) is 0 Å². The van der Waals surface area contributed by atoms with E-state index in [1.807, 2.05) is 11.1 Å². The molecule has 1 fully saturated rings. The van der Waals surface area contributed by atoms with Crippen LogP contribution < -0.4 is 5.32 Å². The lowest BCUT2D eigenvalue weighted by Crippen LogP contribution is -2.30. The number of aliphatic hydroxyl groups is 1. The van der Waals surface area contributed by atoms with E-state index in [2.05, 4.69) is 5.32 Å². The van der Waals surface area contributed by atoms with E-state index in [4.69, 9.17) is 10.4 Å². The van der Waals surface area contributed by atoms with Crippen molar-refractivity contribution in [3.05, 3.63) is 0 Å². The van der Waals surface area contributed by atoms with E-state index in [1.54, 1.807) is 0 Å². The van der Waals surface area contributed by atoms with Gasteiger partial charge >= 0.3 is 0 Å². The van der Waals surface area contributed by atoms with Crippen LogP contribution in [-0.4, -0.2) is 35.9 Å². The molecule has 1 saturated heterocycles. The van der Waals surface area contributed by atoms with Gasteiger partial charge in [0.15, 0.2) is 6.19 Å². The van der Waals surface area contributed by atoms with Gasteiger partial charge in [0.1, 0.15) is 0 Å². The van der Waals surface area contributed by atoms with Gasteiger partial charge in [-0.05, 0) is 6.42 Å². The maximum absolute atomic E-state index is 9.05. The topological polar surface area (TPSA) is 59.3 Å². The number of aliphatic hydroxyl groups excluding tert-OH is 1. The summed E-state index contributed by atoms with van der Waals surface area (Å²) in [4.78, 5) is 2.01. The van der Waals surface area contributed by atoms with Crippen LogP contribution in [0.3, 0.4) is 0 Å². The highest BCUT2D eigenvalue weighted by Gasteiger charge is 2.18. The lowest BCUT2D eigenvalue weighted by Gasteiger charge is -2.11. The highest BCUT2D eigenvalue weighted by atomic mass is 16.3. The Morgan fingerprint density at radius 2 is 2.60 bits per heavy atom. The molecule has 1 aliphatic heterocycles. The Labute approximate surface area is 60.1 Å². The van der Waals surface area contributed by atoms with Gasteiger partial charge in [0.25, 0.3) is 0 Å². The molecule has 1 rings (SSSR count). The fourth-order valence-electron chi connectivity index (χ4n) is 1.10. The molecule has 56 valence electrons. The SMILES string of the molecule is N#CNCN1CC[C@H](O)C1. The van der Waals surface area contributed by atoms with E-state index in [9.17, 15) is 0 Å². The minimum Gasteiger partial charge on any atom is -0.392 e. The van der Waals surface area contributed by atoms with Crippen molar-refractivity contribution in [1.82, 2.24) is 10.2 Å². The maximum atomic E-state index is 9.05. The quantitative estimate of drug-likeness (QED) is 0.386. The molecule has 1 aliphatic rings. The van der Waals surface area contributed by atoms with Gasteiger partial charge in [-0.3, -0.25) is 4.90 Å². The highest BCUT2D eigenvalue weighted by Crippen LogP contribution is 2.06. The summed E-state index contributed by atoms with van der Waals surface area (Å²) < 4.78 is 0.